The second kappa shape index (κ2) is 13.2. The Kier molecular flexibility index (Phi) is 11.7. The molecule has 8 heteroatoms. The summed E-state index contributed by atoms with van der Waals surface area (Å²) in [4.78, 5) is 18.9. The number of halogens is 1. The van der Waals surface area contributed by atoms with Crippen LogP contribution in [0.15, 0.2) is 40.2 Å². The summed E-state index contributed by atoms with van der Waals surface area (Å²) < 4.78 is 5.63. The molecule has 146 valence electrons. The molecule has 1 unspecified atom stereocenters. The van der Waals surface area contributed by atoms with E-state index in [-0.39, 0.29) is 42.5 Å². The zero-order valence-electron chi connectivity index (χ0n) is 15.4. The summed E-state index contributed by atoms with van der Waals surface area (Å²) in [5.74, 6) is 1.57. The highest BCUT2D eigenvalue weighted by Crippen LogP contribution is 2.15. The van der Waals surface area contributed by atoms with Gasteiger partial charge in [-0.25, -0.2) is 4.99 Å². The maximum atomic E-state index is 11.8. The van der Waals surface area contributed by atoms with Crippen LogP contribution in [0.1, 0.15) is 12.8 Å². The molecule has 1 aliphatic rings. The van der Waals surface area contributed by atoms with Crippen LogP contribution in [0.25, 0.3) is 0 Å². The zero-order chi connectivity index (χ0) is 17.9. The number of nitrogens with one attached hydrogen (secondary N) is 2. The monoisotopic (exact) mass is 492 g/mol. The minimum Gasteiger partial charge on any atom is -0.376 e. The minimum absolute atomic E-state index is 0. The average Bonchev–Trinajstić information content (AvgIpc) is 3.14. The van der Waals surface area contributed by atoms with Gasteiger partial charge in [0.2, 0.25) is 5.91 Å². The van der Waals surface area contributed by atoms with Gasteiger partial charge >= 0.3 is 0 Å². The number of nitrogens with zero attached hydrogens (tertiary/aromatic N) is 2. The van der Waals surface area contributed by atoms with Crippen molar-refractivity contribution in [1.29, 1.82) is 0 Å². The van der Waals surface area contributed by atoms with Crippen LogP contribution in [-0.2, 0) is 9.53 Å². The summed E-state index contributed by atoms with van der Waals surface area (Å²) in [5, 5.41) is 6.59. The van der Waals surface area contributed by atoms with Gasteiger partial charge in [-0.3, -0.25) is 4.79 Å². The molecule has 1 atom stereocenters. The van der Waals surface area contributed by atoms with Crippen LogP contribution in [0, 0.1) is 0 Å². The van der Waals surface area contributed by atoms with E-state index in [0.29, 0.717) is 12.5 Å². The Morgan fingerprint density at radius 1 is 1.31 bits per heavy atom. The first-order chi connectivity index (χ1) is 12.1. The van der Waals surface area contributed by atoms with Crippen LogP contribution in [0.4, 0.5) is 0 Å². The van der Waals surface area contributed by atoms with E-state index in [0.717, 1.165) is 31.7 Å². The van der Waals surface area contributed by atoms with E-state index >= 15 is 0 Å². The van der Waals surface area contributed by atoms with E-state index in [1.807, 2.05) is 18.2 Å². The lowest BCUT2D eigenvalue weighted by Crippen LogP contribution is -2.42. The number of hydrogen-bond donors (Lipinski definition) is 2. The Hall–Kier alpha value is -1.000. The molecule has 2 N–H and O–H groups in total. The Balaban J connectivity index is 0.00000338. The van der Waals surface area contributed by atoms with Crippen molar-refractivity contribution in [1.82, 2.24) is 15.5 Å². The van der Waals surface area contributed by atoms with Gasteiger partial charge in [0, 0.05) is 44.4 Å². The number of carbonyl (C=O) groups excluding carboxylic acids is 1. The van der Waals surface area contributed by atoms with Crippen LogP contribution < -0.4 is 10.6 Å². The van der Waals surface area contributed by atoms with Gasteiger partial charge in [0.05, 0.1) is 6.10 Å². The van der Waals surface area contributed by atoms with Crippen molar-refractivity contribution in [2.24, 2.45) is 4.99 Å². The lowest BCUT2D eigenvalue weighted by molar-refractivity contribution is -0.127. The van der Waals surface area contributed by atoms with E-state index in [9.17, 15) is 4.79 Å². The first-order valence-corrected chi connectivity index (χ1v) is 9.65. The zero-order valence-corrected chi connectivity index (χ0v) is 18.6. The summed E-state index contributed by atoms with van der Waals surface area (Å²) in [6.07, 6.45) is 2.41. The highest BCUT2D eigenvalue weighted by molar-refractivity contribution is 14.0. The third-order valence-corrected chi connectivity index (χ3v) is 4.81. The molecule has 1 aromatic carbocycles. The molecule has 26 heavy (non-hydrogen) atoms. The number of guanidine groups is 1. The normalized spacial score (nSPS) is 16.7. The number of benzene rings is 1. The quantitative estimate of drug-likeness (QED) is 0.192. The summed E-state index contributed by atoms with van der Waals surface area (Å²) >= 11 is 1.79. The maximum absolute atomic E-state index is 11.8. The molecule has 1 saturated heterocycles. The van der Waals surface area contributed by atoms with E-state index in [4.69, 9.17) is 4.74 Å². The van der Waals surface area contributed by atoms with Crippen molar-refractivity contribution in [3.05, 3.63) is 30.3 Å². The lowest BCUT2D eigenvalue weighted by Gasteiger charge is -2.16. The van der Waals surface area contributed by atoms with Crippen LogP contribution in [0.5, 0.6) is 0 Å². The van der Waals surface area contributed by atoms with E-state index in [1.54, 1.807) is 30.8 Å². The Bertz CT molecular complexity index is 551. The molecular formula is C18H29IN4O2S. The van der Waals surface area contributed by atoms with Gasteiger partial charge in [0.25, 0.3) is 0 Å². The number of hydrogen-bond acceptors (Lipinski definition) is 4. The summed E-state index contributed by atoms with van der Waals surface area (Å²) in [5.41, 5.74) is 0. The topological polar surface area (TPSA) is 66.0 Å². The summed E-state index contributed by atoms with van der Waals surface area (Å²) in [7, 11) is 3.47. The van der Waals surface area contributed by atoms with Gasteiger partial charge in [-0.05, 0) is 25.0 Å². The highest BCUT2D eigenvalue weighted by atomic mass is 127. The third-order valence-electron chi connectivity index (χ3n) is 3.80. The molecule has 0 spiro atoms. The van der Waals surface area contributed by atoms with Gasteiger partial charge < -0.3 is 20.3 Å². The molecule has 2 rings (SSSR count). The average molecular weight is 492 g/mol. The number of amides is 1. The molecule has 1 heterocycles. The molecule has 0 saturated carbocycles. The van der Waals surface area contributed by atoms with Gasteiger partial charge in [-0.15, -0.1) is 35.7 Å². The Morgan fingerprint density at radius 2 is 2.08 bits per heavy atom. The lowest BCUT2D eigenvalue weighted by atomic mass is 10.2. The SMILES string of the molecule is CN(C)C(=O)CN=C(NCCSc1ccccc1)NCC1CCCO1.I. The number of aliphatic imine (C=N–C) groups is 1. The van der Waals surface area contributed by atoms with Gasteiger partial charge in [0.15, 0.2) is 5.96 Å². The molecule has 0 aromatic heterocycles. The standard InChI is InChI=1S/C18H28N4O2S.HI/c1-22(2)17(23)14-21-18(20-13-15-7-6-11-24-15)19-10-12-25-16-8-4-3-5-9-16;/h3-5,8-9,15H,6-7,10-14H2,1-2H3,(H2,19,20,21);1H. The summed E-state index contributed by atoms with van der Waals surface area (Å²) in [6.45, 7) is 2.46. The van der Waals surface area contributed by atoms with Crippen molar-refractivity contribution in [3.8, 4) is 0 Å². The van der Waals surface area contributed by atoms with Crippen molar-refractivity contribution >= 4 is 47.6 Å². The molecule has 1 aliphatic heterocycles. The highest BCUT2D eigenvalue weighted by Gasteiger charge is 2.15. The van der Waals surface area contributed by atoms with Crippen LogP contribution in [-0.4, -0.2) is 69.0 Å². The Labute approximate surface area is 177 Å². The summed E-state index contributed by atoms with van der Waals surface area (Å²) in [6, 6.07) is 10.3. The van der Waals surface area contributed by atoms with E-state index in [1.165, 1.54) is 4.90 Å². The first-order valence-electron chi connectivity index (χ1n) is 8.67. The second-order valence-corrected chi connectivity index (χ2v) is 7.23. The Morgan fingerprint density at radius 3 is 2.73 bits per heavy atom. The fraction of sp³-hybridized carbons (Fsp3) is 0.556. The maximum Gasteiger partial charge on any atom is 0.243 e. The van der Waals surface area contributed by atoms with Gasteiger partial charge in [-0.1, -0.05) is 18.2 Å². The number of thioether (sulfide) groups is 1. The molecule has 0 aliphatic carbocycles. The largest absolute Gasteiger partial charge is 0.376 e. The predicted octanol–water partition coefficient (Wildman–Crippen LogP) is 2.20. The molecule has 0 radical (unpaired) electrons. The number of rotatable bonds is 8. The fourth-order valence-corrected chi connectivity index (χ4v) is 3.12. The van der Waals surface area contributed by atoms with Gasteiger partial charge in [0.1, 0.15) is 6.54 Å². The van der Waals surface area contributed by atoms with E-state index < -0.39 is 0 Å². The molecule has 1 aromatic rings. The van der Waals surface area contributed by atoms with Crippen LogP contribution in [0.2, 0.25) is 0 Å². The minimum atomic E-state index is -0.0168. The van der Waals surface area contributed by atoms with E-state index in [2.05, 4.69) is 27.8 Å². The van der Waals surface area contributed by atoms with Crippen LogP contribution in [0.3, 0.4) is 0 Å². The molecular weight excluding hydrogens is 463 g/mol. The van der Waals surface area contributed by atoms with Gasteiger partial charge in [-0.2, -0.15) is 0 Å². The van der Waals surface area contributed by atoms with Crippen molar-refractivity contribution in [3.63, 3.8) is 0 Å². The first kappa shape index (κ1) is 23.0. The predicted molar refractivity (Wildman–Crippen MR) is 119 cm³/mol. The third kappa shape index (κ3) is 9.09. The molecule has 0 bridgehead atoms. The number of carbonyl (C=O) groups is 1. The molecule has 1 amide bonds. The van der Waals surface area contributed by atoms with Crippen molar-refractivity contribution < 1.29 is 9.53 Å². The fourth-order valence-electron chi connectivity index (χ4n) is 2.33. The second-order valence-electron chi connectivity index (χ2n) is 6.06. The molecule has 1 fully saturated rings. The van der Waals surface area contributed by atoms with Crippen molar-refractivity contribution in [2.75, 3.05) is 46.1 Å². The smallest absolute Gasteiger partial charge is 0.243 e. The van der Waals surface area contributed by atoms with Crippen LogP contribution >= 0.6 is 35.7 Å². The molecule has 6 nitrogen and oxygen atoms in total. The number of ether oxygens (including phenoxy) is 1. The van der Waals surface area contributed by atoms with Crippen molar-refractivity contribution in [2.45, 2.75) is 23.8 Å². The number of likely N-dealkylation sites (N-methyl/N-ethyl adjacent to an activating group) is 1.